The number of halogens is 1. The van der Waals surface area contributed by atoms with Crippen LogP contribution in [0.2, 0.25) is 0 Å². The number of hydrogen-bond donors (Lipinski definition) is 3. The Balaban J connectivity index is 1.82. The first-order valence-corrected chi connectivity index (χ1v) is 7.10. The molecule has 0 bridgehead atoms. The van der Waals surface area contributed by atoms with Gasteiger partial charge in [-0.1, -0.05) is 0 Å². The molecule has 3 rings (SSSR count). The molecule has 1 aliphatic rings. The standard InChI is InChI=1S/C14H15FN2O7/c15-8-4-17(14(21)16-12(8)20)13-10(19)11(9(5-18)24-13)23-6-7-2-1-3-22-7/h1-4,9-11,13,18-19H,5-6H2,(H,16,20,21)/t9-,10-,11-,13-/m1/s1. The van der Waals surface area contributed by atoms with Crippen LogP contribution in [-0.2, 0) is 16.1 Å². The molecule has 1 fully saturated rings. The third-order valence-corrected chi connectivity index (χ3v) is 3.69. The smallest absolute Gasteiger partial charge is 0.330 e. The highest BCUT2D eigenvalue weighted by atomic mass is 19.1. The predicted octanol–water partition coefficient (Wildman–Crippen LogP) is -0.895. The molecule has 1 saturated heterocycles. The molecule has 0 radical (unpaired) electrons. The number of aromatic amines is 1. The van der Waals surface area contributed by atoms with Crippen molar-refractivity contribution in [1.82, 2.24) is 9.55 Å². The first kappa shape index (κ1) is 16.6. The van der Waals surface area contributed by atoms with Crippen LogP contribution in [0.1, 0.15) is 12.0 Å². The molecule has 9 nitrogen and oxygen atoms in total. The van der Waals surface area contributed by atoms with Crippen LogP contribution in [0.15, 0.2) is 38.6 Å². The summed E-state index contributed by atoms with van der Waals surface area (Å²) in [7, 11) is 0. The number of aliphatic hydroxyl groups excluding tert-OH is 2. The molecule has 4 atom stereocenters. The van der Waals surface area contributed by atoms with E-state index in [9.17, 15) is 24.2 Å². The maximum absolute atomic E-state index is 13.4. The molecule has 24 heavy (non-hydrogen) atoms. The van der Waals surface area contributed by atoms with Crippen LogP contribution >= 0.6 is 0 Å². The van der Waals surface area contributed by atoms with Crippen molar-refractivity contribution in [3.63, 3.8) is 0 Å². The summed E-state index contributed by atoms with van der Waals surface area (Å²) in [6, 6.07) is 3.32. The van der Waals surface area contributed by atoms with E-state index >= 15 is 0 Å². The van der Waals surface area contributed by atoms with Crippen LogP contribution in [0, 0.1) is 5.82 Å². The van der Waals surface area contributed by atoms with Crippen molar-refractivity contribution in [3.05, 3.63) is 57.0 Å². The van der Waals surface area contributed by atoms with E-state index in [-0.39, 0.29) is 6.61 Å². The second-order valence-corrected chi connectivity index (χ2v) is 5.24. The van der Waals surface area contributed by atoms with Crippen LogP contribution in [0.3, 0.4) is 0 Å². The van der Waals surface area contributed by atoms with Crippen molar-refractivity contribution >= 4 is 0 Å². The highest BCUT2D eigenvalue weighted by molar-refractivity contribution is 4.98. The number of nitrogens with one attached hydrogen (secondary N) is 1. The number of H-pyrrole nitrogens is 1. The van der Waals surface area contributed by atoms with E-state index in [2.05, 4.69) is 0 Å². The van der Waals surface area contributed by atoms with Gasteiger partial charge in [0.1, 0.15) is 30.7 Å². The molecule has 0 unspecified atom stereocenters. The van der Waals surface area contributed by atoms with Crippen molar-refractivity contribution in [2.24, 2.45) is 0 Å². The van der Waals surface area contributed by atoms with Crippen LogP contribution in [0.25, 0.3) is 0 Å². The normalized spacial score (nSPS) is 26.8. The van der Waals surface area contributed by atoms with Gasteiger partial charge in [-0.2, -0.15) is 4.39 Å². The fourth-order valence-corrected chi connectivity index (χ4v) is 2.52. The summed E-state index contributed by atoms with van der Waals surface area (Å²) in [6.45, 7) is -0.479. The SMILES string of the molecule is O=c1[nH]c(=O)n([C@@H]2O[C@H](CO)[C@@H](OCc3ccco3)[C@H]2O)cc1F. The zero-order chi connectivity index (χ0) is 17.3. The summed E-state index contributed by atoms with van der Waals surface area (Å²) in [4.78, 5) is 24.7. The molecule has 0 aromatic carbocycles. The van der Waals surface area contributed by atoms with E-state index < -0.39 is 48.2 Å². The Bertz CT molecular complexity index is 800. The average Bonchev–Trinajstić information content (AvgIpc) is 3.17. The van der Waals surface area contributed by atoms with Crippen molar-refractivity contribution < 1.29 is 28.5 Å². The molecular formula is C14H15FN2O7. The maximum atomic E-state index is 13.4. The summed E-state index contributed by atoms with van der Waals surface area (Å²) in [5.74, 6) is -0.708. The summed E-state index contributed by atoms with van der Waals surface area (Å²) < 4.78 is 30.1. The van der Waals surface area contributed by atoms with Gasteiger partial charge in [0.2, 0.25) is 5.82 Å². The monoisotopic (exact) mass is 342 g/mol. The Hall–Kier alpha value is -2.27. The summed E-state index contributed by atoms with van der Waals surface area (Å²) >= 11 is 0. The Morgan fingerprint density at radius 2 is 2.21 bits per heavy atom. The number of ether oxygens (including phenoxy) is 2. The zero-order valence-electron chi connectivity index (χ0n) is 12.3. The number of furan rings is 1. The lowest BCUT2D eigenvalue weighted by Gasteiger charge is -2.19. The lowest BCUT2D eigenvalue weighted by molar-refractivity contribution is -0.0687. The van der Waals surface area contributed by atoms with Gasteiger partial charge < -0.3 is 24.1 Å². The third kappa shape index (κ3) is 3.04. The number of hydrogen-bond acceptors (Lipinski definition) is 7. The second kappa shape index (κ2) is 6.69. The van der Waals surface area contributed by atoms with E-state index in [0.29, 0.717) is 16.5 Å². The maximum Gasteiger partial charge on any atom is 0.330 e. The van der Waals surface area contributed by atoms with Gasteiger partial charge in [0, 0.05) is 0 Å². The predicted molar refractivity (Wildman–Crippen MR) is 75.6 cm³/mol. The number of rotatable bonds is 5. The van der Waals surface area contributed by atoms with E-state index in [1.165, 1.54) is 6.26 Å². The zero-order valence-corrected chi connectivity index (χ0v) is 12.3. The van der Waals surface area contributed by atoms with Gasteiger partial charge >= 0.3 is 5.69 Å². The minimum absolute atomic E-state index is 0.0101. The van der Waals surface area contributed by atoms with E-state index in [4.69, 9.17) is 13.9 Å². The lowest BCUT2D eigenvalue weighted by Crippen LogP contribution is -2.39. The topological polar surface area (TPSA) is 127 Å². The first-order chi connectivity index (χ1) is 11.5. The largest absolute Gasteiger partial charge is 0.467 e. The van der Waals surface area contributed by atoms with Crippen LogP contribution in [0.4, 0.5) is 4.39 Å². The summed E-state index contributed by atoms with van der Waals surface area (Å²) in [6.07, 6.45) is -2.52. The van der Waals surface area contributed by atoms with Gasteiger partial charge in [-0.3, -0.25) is 14.3 Å². The molecule has 0 spiro atoms. The number of aliphatic hydroxyl groups is 2. The van der Waals surface area contributed by atoms with E-state index in [0.717, 1.165) is 0 Å². The van der Waals surface area contributed by atoms with Gasteiger partial charge in [0.05, 0.1) is 19.1 Å². The quantitative estimate of drug-likeness (QED) is 0.643. The number of nitrogens with zero attached hydrogens (tertiary/aromatic N) is 1. The Morgan fingerprint density at radius 1 is 1.42 bits per heavy atom. The molecule has 0 saturated carbocycles. The average molecular weight is 342 g/mol. The molecule has 2 aromatic rings. The molecule has 3 heterocycles. The molecule has 2 aromatic heterocycles. The fraction of sp³-hybridized carbons (Fsp3) is 0.429. The second-order valence-electron chi connectivity index (χ2n) is 5.24. The van der Waals surface area contributed by atoms with Gasteiger partial charge in [-0.25, -0.2) is 4.79 Å². The van der Waals surface area contributed by atoms with Gasteiger partial charge in [0.25, 0.3) is 5.56 Å². The minimum Gasteiger partial charge on any atom is -0.467 e. The molecular weight excluding hydrogens is 327 g/mol. The molecule has 0 aliphatic carbocycles. The van der Waals surface area contributed by atoms with Crippen molar-refractivity contribution in [2.75, 3.05) is 6.61 Å². The van der Waals surface area contributed by atoms with Crippen molar-refractivity contribution in [1.29, 1.82) is 0 Å². The molecule has 1 aliphatic heterocycles. The highest BCUT2D eigenvalue weighted by Crippen LogP contribution is 2.30. The number of aromatic nitrogens is 2. The minimum atomic E-state index is -1.37. The lowest BCUT2D eigenvalue weighted by atomic mass is 10.1. The molecule has 3 N–H and O–H groups in total. The van der Waals surface area contributed by atoms with Crippen LogP contribution in [-0.4, -0.2) is 44.7 Å². The first-order valence-electron chi connectivity index (χ1n) is 7.10. The molecule has 10 heteroatoms. The van der Waals surface area contributed by atoms with E-state index in [1.807, 2.05) is 0 Å². The Kier molecular flexibility index (Phi) is 4.62. The fourth-order valence-electron chi connectivity index (χ4n) is 2.52. The van der Waals surface area contributed by atoms with Gasteiger partial charge in [-0.15, -0.1) is 0 Å². The Morgan fingerprint density at radius 3 is 2.88 bits per heavy atom. The molecule has 130 valence electrons. The van der Waals surface area contributed by atoms with Crippen LogP contribution < -0.4 is 11.2 Å². The third-order valence-electron chi connectivity index (χ3n) is 3.69. The van der Waals surface area contributed by atoms with Crippen molar-refractivity contribution in [3.8, 4) is 0 Å². The molecule has 0 amide bonds. The van der Waals surface area contributed by atoms with E-state index in [1.54, 1.807) is 17.1 Å². The highest BCUT2D eigenvalue weighted by Gasteiger charge is 2.45. The van der Waals surface area contributed by atoms with Gasteiger partial charge in [0.15, 0.2) is 6.23 Å². The summed E-state index contributed by atoms with van der Waals surface area (Å²) in [5.41, 5.74) is -2.12. The summed E-state index contributed by atoms with van der Waals surface area (Å²) in [5, 5.41) is 19.7. The van der Waals surface area contributed by atoms with Gasteiger partial charge in [-0.05, 0) is 12.1 Å². The van der Waals surface area contributed by atoms with Crippen LogP contribution in [0.5, 0.6) is 0 Å². The Labute approximate surface area is 133 Å². The van der Waals surface area contributed by atoms with Crippen molar-refractivity contribution in [2.45, 2.75) is 31.1 Å².